The number of nitrogens with zero attached hydrogens (tertiary/aromatic N) is 3. The van der Waals surface area contributed by atoms with Crippen LogP contribution in [0.2, 0.25) is 0 Å². The molecule has 5 nitrogen and oxygen atoms in total. The van der Waals surface area contributed by atoms with Crippen molar-refractivity contribution in [3.8, 4) is 11.6 Å². The van der Waals surface area contributed by atoms with Gasteiger partial charge in [0, 0.05) is 5.39 Å². The molecule has 19 heavy (non-hydrogen) atoms. The molecule has 0 unspecified atom stereocenters. The van der Waals surface area contributed by atoms with Crippen LogP contribution < -0.4 is 5.32 Å². The molecule has 3 rings (SSSR count). The third-order valence-corrected chi connectivity index (χ3v) is 2.81. The van der Waals surface area contributed by atoms with Crippen LogP contribution >= 0.6 is 0 Å². The molecule has 5 heteroatoms. The van der Waals surface area contributed by atoms with Gasteiger partial charge in [0.2, 0.25) is 5.89 Å². The molecule has 0 aliphatic heterocycles. The maximum absolute atomic E-state index is 5.57. The van der Waals surface area contributed by atoms with E-state index in [-0.39, 0.29) is 0 Å². The highest BCUT2D eigenvalue weighted by Gasteiger charge is 2.09. The predicted octanol–water partition coefficient (Wildman–Crippen LogP) is 2.39. The lowest BCUT2D eigenvalue weighted by Gasteiger charge is -1.98. The van der Waals surface area contributed by atoms with Gasteiger partial charge in [-0.05, 0) is 18.7 Å². The standard InChI is InChI=1S/C14H14N4O/c1-2-15-9-13-17-18-14(19-13)12-8-7-10-5-3-4-6-11(10)16-12/h3-8,15H,2,9H2,1H3. The third kappa shape index (κ3) is 2.46. The van der Waals surface area contributed by atoms with Gasteiger partial charge in [0.1, 0.15) is 5.69 Å². The van der Waals surface area contributed by atoms with Gasteiger partial charge in [-0.25, -0.2) is 4.98 Å². The lowest BCUT2D eigenvalue weighted by atomic mass is 10.2. The second-order valence-electron chi connectivity index (χ2n) is 4.17. The maximum Gasteiger partial charge on any atom is 0.266 e. The summed E-state index contributed by atoms with van der Waals surface area (Å²) in [4.78, 5) is 4.52. The molecule has 0 aliphatic carbocycles. The minimum Gasteiger partial charge on any atom is -0.418 e. The number of fused-ring (bicyclic) bond motifs is 1. The van der Waals surface area contributed by atoms with Gasteiger partial charge in [0.25, 0.3) is 5.89 Å². The molecular weight excluding hydrogens is 240 g/mol. The topological polar surface area (TPSA) is 63.8 Å². The molecule has 1 N–H and O–H groups in total. The summed E-state index contributed by atoms with van der Waals surface area (Å²) in [6.07, 6.45) is 0. The summed E-state index contributed by atoms with van der Waals surface area (Å²) in [5, 5.41) is 12.3. The molecule has 0 atom stereocenters. The van der Waals surface area contributed by atoms with Crippen molar-refractivity contribution in [2.24, 2.45) is 0 Å². The molecule has 0 aliphatic rings. The smallest absolute Gasteiger partial charge is 0.266 e. The molecule has 0 saturated heterocycles. The molecule has 0 bridgehead atoms. The highest BCUT2D eigenvalue weighted by Crippen LogP contribution is 2.19. The Labute approximate surface area is 110 Å². The van der Waals surface area contributed by atoms with Gasteiger partial charge in [-0.1, -0.05) is 31.2 Å². The van der Waals surface area contributed by atoms with Gasteiger partial charge >= 0.3 is 0 Å². The largest absolute Gasteiger partial charge is 0.418 e. The second kappa shape index (κ2) is 5.16. The fraction of sp³-hybridized carbons (Fsp3) is 0.214. The van der Waals surface area contributed by atoms with Crippen molar-refractivity contribution in [2.75, 3.05) is 6.54 Å². The normalized spacial score (nSPS) is 11.0. The molecule has 0 fully saturated rings. The monoisotopic (exact) mass is 254 g/mol. The second-order valence-corrected chi connectivity index (χ2v) is 4.17. The van der Waals surface area contributed by atoms with Crippen LogP contribution in [0, 0.1) is 0 Å². The van der Waals surface area contributed by atoms with E-state index in [1.54, 1.807) is 0 Å². The van der Waals surface area contributed by atoms with Gasteiger partial charge in [0.05, 0.1) is 12.1 Å². The number of rotatable bonds is 4. The first-order valence-corrected chi connectivity index (χ1v) is 6.26. The van der Waals surface area contributed by atoms with Crippen molar-refractivity contribution in [3.63, 3.8) is 0 Å². The van der Waals surface area contributed by atoms with Crippen molar-refractivity contribution >= 4 is 10.9 Å². The van der Waals surface area contributed by atoms with Crippen LogP contribution in [0.4, 0.5) is 0 Å². The van der Waals surface area contributed by atoms with E-state index in [9.17, 15) is 0 Å². The average Bonchev–Trinajstić information content (AvgIpc) is 2.93. The Morgan fingerprint density at radius 1 is 1.11 bits per heavy atom. The molecule has 0 amide bonds. The van der Waals surface area contributed by atoms with Crippen LogP contribution in [-0.4, -0.2) is 21.7 Å². The van der Waals surface area contributed by atoms with Crippen LogP contribution in [0.3, 0.4) is 0 Å². The van der Waals surface area contributed by atoms with Gasteiger partial charge in [-0.2, -0.15) is 0 Å². The summed E-state index contributed by atoms with van der Waals surface area (Å²) in [6.45, 7) is 3.48. The minimum absolute atomic E-state index is 0.457. The van der Waals surface area contributed by atoms with Crippen molar-refractivity contribution in [2.45, 2.75) is 13.5 Å². The molecule has 0 saturated carbocycles. The summed E-state index contributed by atoms with van der Waals surface area (Å²) in [6, 6.07) is 11.8. The summed E-state index contributed by atoms with van der Waals surface area (Å²) >= 11 is 0. The Balaban J connectivity index is 1.92. The minimum atomic E-state index is 0.457. The van der Waals surface area contributed by atoms with Crippen LogP contribution in [0.5, 0.6) is 0 Å². The zero-order valence-corrected chi connectivity index (χ0v) is 10.6. The van der Waals surface area contributed by atoms with Crippen LogP contribution in [0.1, 0.15) is 12.8 Å². The van der Waals surface area contributed by atoms with Crippen molar-refractivity contribution in [3.05, 3.63) is 42.3 Å². The quantitative estimate of drug-likeness (QED) is 0.774. The number of aromatic nitrogens is 3. The Morgan fingerprint density at radius 3 is 2.89 bits per heavy atom. The van der Waals surface area contributed by atoms with Gasteiger partial charge in [0.15, 0.2) is 0 Å². The van der Waals surface area contributed by atoms with E-state index in [1.165, 1.54) is 0 Å². The first-order chi connectivity index (χ1) is 9.36. The first kappa shape index (κ1) is 11.8. The van der Waals surface area contributed by atoms with Crippen LogP contribution in [0.25, 0.3) is 22.5 Å². The summed E-state index contributed by atoms with van der Waals surface area (Å²) in [5.74, 6) is 1.03. The Bertz CT molecular complexity index is 692. The molecule has 96 valence electrons. The highest BCUT2D eigenvalue weighted by molar-refractivity contribution is 5.80. The van der Waals surface area contributed by atoms with Gasteiger partial charge < -0.3 is 9.73 Å². The number of benzene rings is 1. The molecule has 0 radical (unpaired) electrons. The zero-order chi connectivity index (χ0) is 13.1. The molecule has 2 heterocycles. The Hall–Kier alpha value is -2.27. The number of pyridine rings is 1. The molecular formula is C14H14N4O. The highest BCUT2D eigenvalue weighted by atomic mass is 16.4. The van der Waals surface area contributed by atoms with Crippen LogP contribution in [-0.2, 0) is 6.54 Å². The van der Waals surface area contributed by atoms with E-state index in [2.05, 4.69) is 20.5 Å². The van der Waals surface area contributed by atoms with E-state index in [1.807, 2.05) is 43.3 Å². The van der Waals surface area contributed by atoms with Gasteiger partial charge in [-0.3, -0.25) is 0 Å². The van der Waals surface area contributed by atoms with Crippen molar-refractivity contribution < 1.29 is 4.42 Å². The molecule has 2 aromatic heterocycles. The average molecular weight is 254 g/mol. The van der Waals surface area contributed by atoms with E-state index < -0.39 is 0 Å². The van der Waals surface area contributed by atoms with E-state index >= 15 is 0 Å². The number of hydrogen-bond donors (Lipinski definition) is 1. The first-order valence-electron chi connectivity index (χ1n) is 6.26. The molecule has 0 spiro atoms. The summed E-state index contributed by atoms with van der Waals surface area (Å²) in [7, 11) is 0. The number of para-hydroxylation sites is 1. The summed E-state index contributed by atoms with van der Waals surface area (Å²) in [5.41, 5.74) is 1.63. The molecule has 1 aromatic carbocycles. The van der Waals surface area contributed by atoms with E-state index in [0.717, 1.165) is 17.4 Å². The summed E-state index contributed by atoms with van der Waals surface area (Å²) < 4.78 is 5.57. The fourth-order valence-corrected chi connectivity index (χ4v) is 1.85. The van der Waals surface area contributed by atoms with Crippen molar-refractivity contribution in [1.29, 1.82) is 0 Å². The number of nitrogens with one attached hydrogen (secondary N) is 1. The number of hydrogen-bond acceptors (Lipinski definition) is 5. The van der Waals surface area contributed by atoms with Crippen molar-refractivity contribution in [1.82, 2.24) is 20.5 Å². The van der Waals surface area contributed by atoms with E-state index in [0.29, 0.717) is 24.0 Å². The third-order valence-electron chi connectivity index (χ3n) is 2.81. The lowest BCUT2D eigenvalue weighted by molar-refractivity contribution is 0.481. The predicted molar refractivity (Wildman–Crippen MR) is 72.4 cm³/mol. The van der Waals surface area contributed by atoms with Gasteiger partial charge in [-0.15, -0.1) is 10.2 Å². The Kier molecular flexibility index (Phi) is 3.20. The van der Waals surface area contributed by atoms with Crippen LogP contribution in [0.15, 0.2) is 40.8 Å². The van der Waals surface area contributed by atoms with E-state index in [4.69, 9.17) is 4.42 Å². The maximum atomic E-state index is 5.57. The zero-order valence-electron chi connectivity index (χ0n) is 10.6. The lowest BCUT2D eigenvalue weighted by Crippen LogP contribution is -2.11. The Morgan fingerprint density at radius 2 is 2.00 bits per heavy atom. The SMILES string of the molecule is CCNCc1nnc(-c2ccc3ccccc3n2)o1. The fourth-order valence-electron chi connectivity index (χ4n) is 1.85. The molecule has 3 aromatic rings.